The van der Waals surface area contributed by atoms with E-state index in [4.69, 9.17) is 0 Å². The summed E-state index contributed by atoms with van der Waals surface area (Å²) in [5.74, 6) is -0.0921. The molecule has 2 N–H and O–H groups in total. The average molecular weight is 324 g/mol. The number of alkyl halides is 2. The summed E-state index contributed by atoms with van der Waals surface area (Å²) in [6.07, 6.45) is 1.93. The van der Waals surface area contributed by atoms with Gasteiger partial charge in [0.15, 0.2) is 0 Å². The summed E-state index contributed by atoms with van der Waals surface area (Å²) in [6, 6.07) is 12.7. The molecule has 2 amide bonds. The minimum Gasteiger partial charge on any atom is -0.433 e. The Kier molecular flexibility index (Phi) is 5.60. The third kappa shape index (κ3) is 4.63. The third-order valence-corrected chi connectivity index (χ3v) is 3.40. The predicted molar refractivity (Wildman–Crippen MR) is 83.9 cm³/mol. The Hall–Kier alpha value is -2.28. The number of carbonyl (C=O) groups is 1. The van der Waals surface area contributed by atoms with Crippen LogP contribution in [0.25, 0.3) is 0 Å². The van der Waals surface area contributed by atoms with Gasteiger partial charge in [-0.25, -0.2) is 4.79 Å². The van der Waals surface area contributed by atoms with E-state index in [9.17, 15) is 13.6 Å². The molecule has 0 aromatic heterocycles. The number of ether oxygens (including phenoxy) is 1. The molecule has 2 rings (SSSR count). The second kappa shape index (κ2) is 7.65. The minimum atomic E-state index is -2.95. The molecule has 0 aliphatic heterocycles. The summed E-state index contributed by atoms with van der Waals surface area (Å²) in [4.78, 5) is 12.9. The first kappa shape index (κ1) is 16.1. The highest BCUT2D eigenvalue weighted by Crippen LogP contribution is 2.26. The van der Waals surface area contributed by atoms with Crippen molar-refractivity contribution in [2.24, 2.45) is 0 Å². The van der Waals surface area contributed by atoms with Gasteiger partial charge in [-0.05, 0) is 36.6 Å². The van der Waals surface area contributed by atoms with Crippen molar-refractivity contribution in [3.63, 3.8) is 0 Å². The SMILES string of the molecule is CSc1cccc(NC(=O)Nc2ccccc2OC(F)F)c1. The monoisotopic (exact) mass is 324 g/mol. The topological polar surface area (TPSA) is 50.4 Å². The van der Waals surface area contributed by atoms with E-state index in [1.807, 2.05) is 24.5 Å². The quantitative estimate of drug-likeness (QED) is 0.787. The number of hydrogen-bond donors (Lipinski definition) is 2. The summed E-state index contributed by atoms with van der Waals surface area (Å²) in [5, 5.41) is 5.13. The zero-order valence-electron chi connectivity index (χ0n) is 11.7. The maximum absolute atomic E-state index is 12.3. The Morgan fingerprint density at radius 2 is 1.91 bits per heavy atom. The molecule has 0 saturated heterocycles. The number of urea groups is 1. The van der Waals surface area contributed by atoms with Crippen LogP contribution in [-0.4, -0.2) is 18.9 Å². The molecule has 2 aromatic carbocycles. The Balaban J connectivity index is 2.05. The number of anilines is 2. The van der Waals surface area contributed by atoms with Gasteiger partial charge in [0, 0.05) is 10.6 Å². The molecule has 116 valence electrons. The molecule has 0 aliphatic carbocycles. The molecule has 0 unspecified atom stereocenters. The third-order valence-electron chi connectivity index (χ3n) is 2.68. The van der Waals surface area contributed by atoms with E-state index in [-0.39, 0.29) is 11.4 Å². The van der Waals surface area contributed by atoms with E-state index in [0.29, 0.717) is 5.69 Å². The van der Waals surface area contributed by atoms with Crippen LogP contribution >= 0.6 is 11.8 Å². The van der Waals surface area contributed by atoms with Crippen LogP contribution in [0.1, 0.15) is 0 Å². The fourth-order valence-electron chi connectivity index (χ4n) is 1.75. The standard InChI is InChI=1S/C15H14F2N2O2S/c1-22-11-6-4-5-10(9-11)18-15(20)19-12-7-2-3-8-13(12)21-14(16)17/h2-9,14H,1H3,(H2,18,19,20). The van der Waals surface area contributed by atoms with Crippen LogP contribution in [0.4, 0.5) is 25.0 Å². The number of rotatable bonds is 5. The number of benzene rings is 2. The molecule has 2 aromatic rings. The maximum Gasteiger partial charge on any atom is 0.387 e. The van der Waals surface area contributed by atoms with Crippen molar-refractivity contribution >= 4 is 29.2 Å². The smallest absolute Gasteiger partial charge is 0.387 e. The summed E-state index contributed by atoms with van der Waals surface area (Å²) < 4.78 is 29.0. The lowest BCUT2D eigenvalue weighted by atomic mass is 10.3. The van der Waals surface area contributed by atoms with E-state index >= 15 is 0 Å². The van der Waals surface area contributed by atoms with E-state index in [1.54, 1.807) is 30.0 Å². The molecule has 0 saturated carbocycles. The van der Waals surface area contributed by atoms with Gasteiger partial charge in [-0.1, -0.05) is 18.2 Å². The van der Waals surface area contributed by atoms with Gasteiger partial charge in [-0.15, -0.1) is 11.8 Å². The highest BCUT2D eigenvalue weighted by Gasteiger charge is 2.11. The van der Waals surface area contributed by atoms with Gasteiger partial charge in [-0.3, -0.25) is 0 Å². The molecule has 0 radical (unpaired) electrons. The van der Waals surface area contributed by atoms with Crippen LogP contribution < -0.4 is 15.4 Å². The molecule has 0 aliphatic rings. The van der Waals surface area contributed by atoms with Gasteiger partial charge in [0.05, 0.1) is 5.69 Å². The Labute approximate surface area is 130 Å². The summed E-state index contributed by atoms with van der Waals surface area (Å²) in [7, 11) is 0. The van der Waals surface area contributed by atoms with Gasteiger partial charge in [0.2, 0.25) is 0 Å². The number of amides is 2. The predicted octanol–water partition coefficient (Wildman–Crippen LogP) is 4.65. The van der Waals surface area contributed by atoms with Crippen molar-refractivity contribution in [2.45, 2.75) is 11.5 Å². The number of nitrogens with one attached hydrogen (secondary N) is 2. The molecule has 7 heteroatoms. The first-order valence-electron chi connectivity index (χ1n) is 6.34. The number of halogens is 2. The van der Waals surface area contributed by atoms with E-state index < -0.39 is 12.6 Å². The van der Waals surface area contributed by atoms with E-state index in [1.165, 1.54) is 12.1 Å². The number of para-hydroxylation sites is 2. The molecule has 0 spiro atoms. The van der Waals surface area contributed by atoms with Gasteiger partial charge in [-0.2, -0.15) is 8.78 Å². The van der Waals surface area contributed by atoms with E-state index in [0.717, 1.165) is 4.90 Å². The largest absolute Gasteiger partial charge is 0.433 e. The number of hydrogen-bond acceptors (Lipinski definition) is 3. The van der Waals surface area contributed by atoms with Crippen molar-refractivity contribution < 1.29 is 18.3 Å². The summed E-state index contributed by atoms with van der Waals surface area (Å²) in [5.41, 5.74) is 0.776. The molecule has 0 fully saturated rings. The normalized spacial score (nSPS) is 10.4. The van der Waals surface area contributed by atoms with Gasteiger partial charge >= 0.3 is 12.6 Å². The first-order valence-corrected chi connectivity index (χ1v) is 7.57. The van der Waals surface area contributed by atoms with Crippen LogP contribution in [0.3, 0.4) is 0 Å². The second-order valence-electron chi connectivity index (χ2n) is 4.19. The average Bonchev–Trinajstić information content (AvgIpc) is 2.49. The van der Waals surface area contributed by atoms with Crippen LogP contribution in [0.5, 0.6) is 5.75 Å². The first-order chi connectivity index (χ1) is 10.6. The summed E-state index contributed by atoms with van der Waals surface area (Å²) in [6.45, 7) is -2.95. The number of carbonyl (C=O) groups excluding carboxylic acids is 1. The van der Waals surface area contributed by atoms with Gasteiger partial charge in [0.1, 0.15) is 5.75 Å². The Bertz CT molecular complexity index is 653. The van der Waals surface area contributed by atoms with Crippen LogP contribution in [-0.2, 0) is 0 Å². The molecule has 0 heterocycles. The van der Waals surface area contributed by atoms with Crippen LogP contribution in [0.15, 0.2) is 53.4 Å². The lowest BCUT2D eigenvalue weighted by Gasteiger charge is -2.12. The lowest BCUT2D eigenvalue weighted by Crippen LogP contribution is -2.20. The molecular weight excluding hydrogens is 310 g/mol. The zero-order valence-corrected chi connectivity index (χ0v) is 12.5. The Morgan fingerprint density at radius 3 is 2.64 bits per heavy atom. The summed E-state index contributed by atoms with van der Waals surface area (Å²) >= 11 is 1.55. The molecule has 0 atom stereocenters. The molecule has 0 bridgehead atoms. The van der Waals surface area contributed by atoms with Crippen LogP contribution in [0.2, 0.25) is 0 Å². The lowest BCUT2D eigenvalue weighted by molar-refractivity contribution is -0.0493. The van der Waals surface area contributed by atoms with Gasteiger partial charge < -0.3 is 15.4 Å². The highest BCUT2D eigenvalue weighted by molar-refractivity contribution is 7.98. The van der Waals surface area contributed by atoms with Crippen LogP contribution in [0, 0.1) is 0 Å². The molecule has 22 heavy (non-hydrogen) atoms. The van der Waals surface area contributed by atoms with Gasteiger partial charge in [0.25, 0.3) is 0 Å². The molecule has 4 nitrogen and oxygen atoms in total. The van der Waals surface area contributed by atoms with Crippen molar-refractivity contribution in [1.29, 1.82) is 0 Å². The fraction of sp³-hybridized carbons (Fsp3) is 0.133. The van der Waals surface area contributed by atoms with Crippen molar-refractivity contribution in [3.8, 4) is 5.75 Å². The van der Waals surface area contributed by atoms with E-state index in [2.05, 4.69) is 15.4 Å². The molecular formula is C15H14F2N2O2S. The fourth-order valence-corrected chi connectivity index (χ4v) is 2.21. The van der Waals surface area contributed by atoms with Crippen molar-refractivity contribution in [1.82, 2.24) is 0 Å². The highest BCUT2D eigenvalue weighted by atomic mass is 32.2. The number of thioether (sulfide) groups is 1. The maximum atomic E-state index is 12.3. The zero-order chi connectivity index (χ0) is 15.9. The second-order valence-corrected chi connectivity index (χ2v) is 5.07. The van der Waals surface area contributed by atoms with Crippen molar-refractivity contribution in [2.75, 3.05) is 16.9 Å². The Morgan fingerprint density at radius 1 is 1.14 bits per heavy atom. The minimum absolute atomic E-state index is 0.0921. The van der Waals surface area contributed by atoms with Crippen molar-refractivity contribution in [3.05, 3.63) is 48.5 Å².